The molecule has 0 atom stereocenters. The van der Waals surface area contributed by atoms with Crippen molar-refractivity contribution in [1.29, 1.82) is 0 Å². The summed E-state index contributed by atoms with van der Waals surface area (Å²) in [4.78, 5) is 17.3. The van der Waals surface area contributed by atoms with Crippen LogP contribution in [0.5, 0.6) is 0 Å². The Morgan fingerprint density at radius 2 is 1.89 bits per heavy atom. The summed E-state index contributed by atoms with van der Waals surface area (Å²) < 4.78 is 7.37. The highest BCUT2D eigenvalue weighted by Crippen LogP contribution is 2.42. The molecule has 2 aromatic rings. The largest absolute Gasteiger partial charge is 0.381 e. The standard InChI is InChI=1S/C21H23Br2N3O2/c22-18-4-3-15(9-19(18)23)26-20-10-16(14-1-2-14)17(12-24-20)21(27)25-11-13-5-7-28-8-6-13/h3-4,9-10,12-14H,1-2,5-8,11H2,(H,24,26)(H,25,27). The van der Waals surface area contributed by atoms with Crippen molar-refractivity contribution in [2.75, 3.05) is 25.1 Å². The van der Waals surface area contributed by atoms with Crippen LogP contribution in [0.4, 0.5) is 11.5 Å². The molecular formula is C21H23Br2N3O2. The summed E-state index contributed by atoms with van der Waals surface area (Å²) in [7, 11) is 0. The molecule has 0 spiro atoms. The number of carbonyl (C=O) groups is 1. The van der Waals surface area contributed by atoms with Gasteiger partial charge in [-0.05, 0) is 99.2 Å². The molecule has 148 valence electrons. The van der Waals surface area contributed by atoms with E-state index in [2.05, 4.69) is 47.5 Å². The van der Waals surface area contributed by atoms with Gasteiger partial charge in [-0.15, -0.1) is 0 Å². The number of hydrogen-bond acceptors (Lipinski definition) is 4. The van der Waals surface area contributed by atoms with E-state index in [0.717, 1.165) is 64.9 Å². The summed E-state index contributed by atoms with van der Waals surface area (Å²) in [6, 6.07) is 7.99. The Balaban J connectivity index is 1.47. The average Bonchev–Trinajstić information content (AvgIpc) is 3.55. The molecule has 1 saturated carbocycles. The number of nitrogens with one attached hydrogen (secondary N) is 2. The summed E-state index contributed by atoms with van der Waals surface area (Å²) in [6.07, 6.45) is 6.00. The van der Waals surface area contributed by atoms with Crippen molar-refractivity contribution < 1.29 is 9.53 Å². The summed E-state index contributed by atoms with van der Waals surface area (Å²) >= 11 is 7.00. The van der Waals surface area contributed by atoms with Gasteiger partial charge in [-0.1, -0.05) is 0 Å². The molecule has 2 fully saturated rings. The zero-order valence-corrected chi connectivity index (χ0v) is 18.7. The van der Waals surface area contributed by atoms with Gasteiger partial charge in [0.2, 0.25) is 0 Å². The van der Waals surface area contributed by atoms with Crippen LogP contribution in [0, 0.1) is 5.92 Å². The lowest BCUT2D eigenvalue weighted by molar-refractivity contribution is 0.0642. The first-order valence-electron chi connectivity index (χ1n) is 9.68. The fraction of sp³-hybridized carbons (Fsp3) is 0.429. The number of benzene rings is 1. The topological polar surface area (TPSA) is 63.2 Å². The predicted molar refractivity (Wildman–Crippen MR) is 117 cm³/mol. The van der Waals surface area contributed by atoms with Crippen molar-refractivity contribution in [3.63, 3.8) is 0 Å². The van der Waals surface area contributed by atoms with Crippen LogP contribution in [0.15, 0.2) is 39.4 Å². The quantitative estimate of drug-likeness (QED) is 0.549. The van der Waals surface area contributed by atoms with Crippen molar-refractivity contribution >= 4 is 49.3 Å². The molecule has 28 heavy (non-hydrogen) atoms. The van der Waals surface area contributed by atoms with E-state index in [4.69, 9.17) is 4.74 Å². The van der Waals surface area contributed by atoms with Crippen molar-refractivity contribution in [3.05, 3.63) is 50.5 Å². The van der Waals surface area contributed by atoms with Crippen LogP contribution in [-0.4, -0.2) is 30.6 Å². The van der Waals surface area contributed by atoms with Crippen molar-refractivity contribution in [2.24, 2.45) is 5.92 Å². The Kier molecular flexibility index (Phi) is 6.33. The number of aromatic nitrogens is 1. The highest BCUT2D eigenvalue weighted by molar-refractivity contribution is 9.13. The summed E-state index contributed by atoms with van der Waals surface area (Å²) in [6.45, 7) is 2.29. The van der Waals surface area contributed by atoms with Crippen LogP contribution in [0.2, 0.25) is 0 Å². The number of pyridine rings is 1. The fourth-order valence-corrected chi connectivity index (χ4v) is 4.09. The minimum atomic E-state index is -0.0150. The summed E-state index contributed by atoms with van der Waals surface area (Å²) in [5, 5.41) is 6.45. The zero-order chi connectivity index (χ0) is 19.5. The zero-order valence-electron chi connectivity index (χ0n) is 15.5. The van der Waals surface area contributed by atoms with E-state index in [1.165, 1.54) is 0 Å². The minimum Gasteiger partial charge on any atom is -0.381 e. The molecule has 1 aliphatic carbocycles. The monoisotopic (exact) mass is 507 g/mol. The first-order chi connectivity index (χ1) is 13.6. The number of hydrogen-bond donors (Lipinski definition) is 2. The second-order valence-electron chi connectivity index (χ2n) is 7.45. The molecule has 0 bridgehead atoms. The fourth-order valence-electron chi connectivity index (χ4n) is 3.47. The van der Waals surface area contributed by atoms with E-state index in [1.54, 1.807) is 6.20 Å². The Labute approximate surface area is 181 Å². The summed E-state index contributed by atoms with van der Waals surface area (Å²) in [5.74, 6) is 1.71. The smallest absolute Gasteiger partial charge is 0.253 e. The molecule has 2 N–H and O–H groups in total. The lowest BCUT2D eigenvalue weighted by atomic mass is 10.00. The Bertz CT molecular complexity index is 865. The van der Waals surface area contributed by atoms with Gasteiger partial charge in [-0.2, -0.15) is 0 Å². The lowest BCUT2D eigenvalue weighted by Gasteiger charge is -2.22. The highest BCUT2D eigenvalue weighted by Gasteiger charge is 2.29. The third kappa shape index (κ3) is 4.93. The van der Waals surface area contributed by atoms with Crippen LogP contribution in [0.25, 0.3) is 0 Å². The highest BCUT2D eigenvalue weighted by atomic mass is 79.9. The first kappa shape index (κ1) is 19.9. The second kappa shape index (κ2) is 8.93. The van der Waals surface area contributed by atoms with Crippen LogP contribution in [-0.2, 0) is 4.74 Å². The average molecular weight is 509 g/mol. The second-order valence-corrected chi connectivity index (χ2v) is 9.16. The summed E-state index contributed by atoms with van der Waals surface area (Å²) in [5.41, 5.74) is 2.75. The number of halogens is 2. The predicted octanol–water partition coefficient (Wildman–Crippen LogP) is 5.38. The Morgan fingerprint density at radius 1 is 1.11 bits per heavy atom. The maximum absolute atomic E-state index is 12.8. The Hall–Kier alpha value is -1.44. The molecule has 2 aliphatic rings. The van der Waals surface area contributed by atoms with Crippen LogP contribution in [0.1, 0.15) is 47.5 Å². The van der Waals surface area contributed by atoms with Crippen LogP contribution >= 0.6 is 31.9 Å². The van der Waals surface area contributed by atoms with E-state index in [-0.39, 0.29) is 5.91 Å². The maximum atomic E-state index is 12.8. The SMILES string of the molecule is O=C(NCC1CCOCC1)c1cnc(Nc2ccc(Br)c(Br)c2)cc1C1CC1. The third-order valence-corrected chi connectivity index (χ3v) is 7.16. The number of anilines is 2. The van der Waals surface area contributed by atoms with Crippen molar-refractivity contribution in [3.8, 4) is 0 Å². The molecule has 1 saturated heterocycles. The van der Waals surface area contributed by atoms with Crippen LogP contribution in [0.3, 0.4) is 0 Å². The number of carbonyl (C=O) groups excluding carboxylic acids is 1. The molecule has 5 nitrogen and oxygen atoms in total. The van der Waals surface area contributed by atoms with Gasteiger partial charge in [0.25, 0.3) is 5.91 Å². The molecular weight excluding hydrogens is 486 g/mol. The molecule has 2 heterocycles. The van der Waals surface area contributed by atoms with Crippen molar-refractivity contribution in [2.45, 2.75) is 31.6 Å². The van der Waals surface area contributed by atoms with Gasteiger partial charge in [0.15, 0.2) is 0 Å². The lowest BCUT2D eigenvalue weighted by Crippen LogP contribution is -2.32. The van der Waals surface area contributed by atoms with Gasteiger partial charge in [-0.25, -0.2) is 4.98 Å². The van der Waals surface area contributed by atoms with Gasteiger partial charge in [0.05, 0.1) is 5.56 Å². The number of ether oxygens (including phenoxy) is 1. The molecule has 1 aromatic carbocycles. The minimum absolute atomic E-state index is 0.0150. The molecule has 7 heteroatoms. The third-order valence-electron chi connectivity index (χ3n) is 5.28. The molecule has 1 aliphatic heterocycles. The number of amides is 1. The van der Waals surface area contributed by atoms with Crippen LogP contribution < -0.4 is 10.6 Å². The number of rotatable bonds is 6. The first-order valence-corrected chi connectivity index (χ1v) is 11.3. The van der Waals surface area contributed by atoms with Gasteiger partial charge >= 0.3 is 0 Å². The van der Waals surface area contributed by atoms with Gasteiger partial charge in [-0.3, -0.25) is 4.79 Å². The molecule has 1 amide bonds. The van der Waals surface area contributed by atoms with Gasteiger partial charge in [0.1, 0.15) is 5.82 Å². The molecule has 4 rings (SSSR count). The van der Waals surface area contributed by atoms with E-state index in [0.29, 0.717) is 23.9 Å². The maximum Gasteiger partial charge on any atom is 0.253 e. The van der Waals surface area contributed by atoms with E-state index in [1.807, 2.05) is 24.3 Å². The molecule has 0 radical (unpaired) electrons. The molecule has 0 unspecified atom stereocenters. The van der Waals surface area contributed by atoms with E-state index < -0.39 is 0 Å². The number of nitrogens with zero attached hydrogens (tertiary/aromatic N) is 1. The van der Waals surface area contributed by atoms with E-state index >= 15 is 0 Å². The normalized spacial score (nSPS) is 17.4. The van der Waals surface area contributed by atoms with Gasteiger partial charge < -0.3 is 15.4 Å². The van der Waals surface area contributed by atoms with E-state index in [9.17, 15) is 4.79 Å². The Morgan fingerprint density at radius 3 is 2.61 bits per heavy atom. The van der Waals surface area contributed by atoms with Gasteiger partial charge in [0, 0.05) is 40.6 Å². The molecule has 1 aromatic heterocycles. The van der Waals surface area contributed by atoms with Crippen molar-refractivity contribution in [1.82, 2.24) is 10.3 Å².